The Hall–Kier alpha value is -3.14. The number of hydrogen-bond acceptors (Lipinski definition) is 5. The van der Waals surface area contributed by atoms with Crippen molar-refractivity contribution in [3.63, 3.8) is 0 Å². The third-order valence-electron chi connectivity index (χ3n) is 3.73. The van der Waals surface area contributed by atoms with E-state index >= 15 is 0 Å². The lowest BCUT2D eigenvalue weighted by atomic mass is 10.1. The van der Waals surface area contributed by atoms with E-state index in [2.05, 4.69) is 20.5 Å². The first kappa shape index (κ1) is 18.6. The lowest BCUT2D eigenvalue weighted by molar-refractivity contribution is 1.08. The molecule has 8 heteroatoms. The van der Waals surface area contributed by atoms with E-state index in [4.69, 9.17) is 23.2 Å². The van der Waals surface area contributed by atoms with Crippen molar-refractivity contribution >= 4 is 35.4 Å². The molecule has 0 radical (unpaired) electrons. The summed E-state index contributed by atoms with van der Waals surface area (Å²) in [6, 6.07) is 14.3. The number of hydrogen-bond donors (Lipinski definition) is 2. The van der Waals surface area contributed by atoms with Gasteiger partial charge in [-0.3, -0.25) is 9.78 Å². The minimum Gasteiger partial charge on any atom is -0.290 e. The highest BCUT2D eigenvalue weighted by atomic mass is 35.5. The fraction of sp³-hybridized carbons (Fsp3) is 0.0526. The van der Waals surface area contributed by atoms with Crippen molar-refractivity contribution < 1.29 is 0 Å². The van der Waals surface area contributed by atoms with Crippen LogP contribution in [0.1, 0.15) is 16.7 Å². The van der Waals surface area contributed by atoms with Gasteiger partial charge in [0.25, 0.3) is 5.56 Å². The lowest BCUT2D eigenvalue weighted by Gasteiger charge is -2.06. The number of nitriles is 1. The molecule has 3 rings (SSSR count). The van der Waals surface area contributed by atoms with E-state index in [0.717, 1.165) is 5.56 Å². The van der Waals surface area contributed by atoms with Gasteiger partial charge in [0.1, 0.15) is 11.6 Å². The van der Waals surface area contributed by atoms with Crippen LogP contribution in [0.3, 0.4) is 0 Å². The summed E-state index contributed by atoms with van der Waals surface area (Å²) in [7, 11) is 0. The summed E-state index contributed by atoms with van der Waals surface area (Å²) in [5, 5.41) is 14.3. The highest BCUT2D eigenvalue weighted by Crippen LogP contribution is 2.24. The number of benzene rings is 2. The Bertz CT molecular complexity index is 1120. The zero-order valence-corrected chi connectivity index (χ0v) is 15.6. The molecular formula is C19H13Cl2N5O. The predicted octanol–water partition coefficient (Wildman–Crippen LogP) is 4.37. The van der Waals surface area contributed by atoms with Gasteiger partial charge in [-0.2, -0.15) is 10.4 Å². The quantitative estimate of drug-likeness (QED) is 0.504. The molecule has 0 spiro atoms. The normalized spacial score (nSPS) is 10.7. The molecule has 0 fully saturated rings. The largest absolute Gasteiger partial charge is 0.290 e. The summed E-state index contributed by atoms with van der Waals surface area (Å²) in [5.41, 5.74) is 4.50. The fourth-order valence-corrected chi connectivity index (χ4v) is 2.81. The molecule has 27 heavy (non-hydrogen) atoms. The molecule has 134 valence electrons. The first-order valence-electron chi connectivity index (χ1n) is 7.84. The van der Waals surface area contributed by atoms with Crippen molar-refractivity contribution in [2.75, 3.05) is 5.43 Å². The third-order valence-corrected chi connectivity index (χ3v) is 4.46. The van der Waals surface area contributed by atoms with Crippen LogP contribution >= 0.6 is 23.2 Å². The standard InChI is InChI=1S/C19H13Cl2N5O/c1-11-7-13(16(21)8-15(11)20)10-23-26-19-24-17(12-5-3-2-4-6-12)14(9-22)18(27)25-19/h2-8,10H,1H3,(H2,24,25,26,27). The van der Waals surface area contributed by atoms with E-state index in [1.165, 1.54) is 6.21 Å². The van der Waals surface area contributed by atoms with Crippen LogP contribution < -0.4 is 11.0 Å². The lowest BCUT2D eigenvalue weighted by Crippen LogP contribution is -2.16. The van der Waals surface area contributed by atoms with E-state index < -0.39 is 5.56 Å². The van der Waals surface area contributed by atoms with Crippen molar-refractivity contribution in [3.05, 3.63) is 79.6 Å². The van der Waals surface area contributed by atoms with Gasteiger partial charge < -0.3 is 0 Å². The van der Waals surface area contributed by atoms with Gasteiger partial charge in [0.05, 0.1) is 16.9 Å². The Morgan fingerprint density at radius 2 is 1.96 bits per heavy atom. The molecule has 2 aromatic carbocycles. The second kappa shape index (κ2) is 8.04. The maximum absolute atomic E-state index is 12.2. The summed E-state index contributed by atoms with van der Waals surface area (Å²) in [6.07, 6.45) is 1.49. The van der Waals surface area contributed by atoms with Crippen LogP contribution in [0.2, 0.25) is 10.0 Å². The van der Waals surface area contributed by atoms with Crippen molar-refractivity contribution in [1.82, 2.24) is 9.97 Å². The Balaban J connectivity index is 1.93. The van der Waals surface area contributed by atoms with Crippen molar-refractivity contribution in [2.24, 2.45) is 5.10 Å². The maximum Gasteiger partial charge on any atom is 0.270 e. The summed E-state index contributed by atoms with van der Waals surface area (Å²) >= 11 is 12.2. The number of nitrogens with one attached hydrogen (secondary N) is 2. The molecule has 1 aromatic heterocycles. The number of nitrogens with zero attached hydrogens (tertiary/aromatic N) is 3. The number of hydrazone groups is 1. The third kappa shape index (κ3) is 4.17. The van der Waals surface area contributed by atoms with Gasteiger partial charge in [-0.1, -0.05) is 53.5 Å². The van der Waals surface area contributed by atoms with Gasteiger partial charge in [-0.15, -0.1) is 0 Å². The average Bonchev–Trinajstić information content (AvgIpc) is 2.66. The van der Waals surface area contributed by atoms with Gasteiger partial charge in [-0.05, 0) is 24.6 Å². The first-order chi connectivity index (χ1) is 13.0. The summed E-state index contributed by atoms with van der Waals surface area (Å²) in [4.78, 5) is 19.0. The fourth-order valence-electron chi connectivity index (χ4n) is 2.38. The molecule has 0 saturated heterocycles. The van der Waals surface area contributed by atoms with E-state index in [1.54, 1.807) is 36.4 Å². The number of aromatic nitrogens is 2. The number of anilines is 1. The van der Waals surface area contributed by atoms with Gasteiger partial charge in [0, 0.05) is 16.1 Å². The second-order valence-corrected chi connectivity index (χ2v) is 6.42. The Morgan fingerprint density at radius 3 is 2.67 bits per heavy atom. The number of halogens is 2. The topological polar surface area (TPSA) is 93.9 Å². The van der Waals surface area contributed by atoms with Crippen LogP contribution in [0, 0.1) is 18.3 Å². The number of rotatable bonds is 4. The highest BCUT2D eigenvalue weighted by molar-refractivity contribution is 6.36. The number of aryl methyl sites for hydroxylation is 1. The molecular weight excluding hydrogens is 385 g/mol. The molecule has 6 nitrogen and oxygen atoms in total. The smallest absolute Gasteiger partial charge is 0.270 e. The molecule has 1 heterocycles. The number of aromatic amines is 1. The van der Waals surface area contributed by atoms with Crippen LogP contribution in [-0.2, 0) is 0 Å². The van der Waals surface area contributed by atoms with Crippen molar-refractivity contribution in [1.29, 1.82) is 5.26 Å². The molecule has 0 bridgehead atoms. The van der Waals surface area contributed by atoms with Crippen molar-refractivity contribution in [2.45, 2.75) is 6.92 Å². The van der Waals surface area contributed by atoms with Crippen LogP contribution in [0.25, 0.3) is 11.3 Å². The molecule has 3 aromatic rings. The van der Waals surface area contributed by atoms with E-state index in [-0.39, 0.29) is 17.2 Å². The average molecular weight is 398 g/mol. The molecule has 0 aliphatic heterocycles. The summed E-state index contributed by atoms with van der Waals surface area (Å²) < 4.78 is 0. The minimum atomic E-state index is -0.551. The van der Waals surface area contributed by atoms with Gasteiger partial charge in [0.2, 0.25) is 5.95 Å². The van der Waals surface area contributed by atoms with Gasteiger partial charge in [0.15, 0.2) is 0 Å². The summed E-state index contributed by atoms with van der Waals surface area (Å²) in [5.74, 6) is 0.107. The SMILES string of the molecule is Cc1cc(C=NNc2nc(-c3ccccc3)c(C#N)c(=O)[nH]2)c(Cl)cc1Cl. The molecule has 0 aliphatic rings. The Labute approximate surface area is 165 Å². The molecule has 2 N–H and O–H groups in total. The molecule has 0 saturated carbocycles. The summed E-state index contributed by atoms with van der Waals surface area (Å²) in [6.45, 7) is 1.86. The van der Waals surface area contributed by atoms with Gasteiger partial charge >= 0.3 is 0 Å². The second-order valence-electron chi connectivity index (χ2n) is 5.61. The molecule has 0 unspecified atom stereocenters. The van der Waals surface area contributed by atoms with Gasteiger partial charge in [-0.25, -0.2) is 10.4 Å². The molecule has 0 aliphatic carbocycles. The zero-order chi connectivity index (χ0) is 19.4. The van der Waals surface area contributed by atoms with E-state index in [0.29, 0.717) is 21.2 Å². The van der Waals surface area contributed by atoms with Crippen molar-refractivity contribution in [3.8, 4) is 17.3 Å². The first-order valence-corrected chi connectivity index (χ1v) is 8.59. The van der Waals surface area contributed by atoms with Crippen LogP contribution in [-0.4, -0.2) is 16.2 Å². The monoisotopic (exact) mass is 397 g/mol. The van der Waals surface area contributed by atoms with Crippen LogP contribution in [0.15, 0.2) is 52.4 Å². The Morgan fingerprint density at radius 1 is 1.22 bits per heavy atom. The van der Waals surface area contributed by atoms with Crippen LogP contribution in [0.5, 0.6) is 0 Å². The zero-order valence-electron chi connectivity index (χ0n) is 14.1. The predicted molar refractivity (Wildman–Crippen MR) is 107 cm³/mol. The van der Waals surface area contributed by atoms with Crippen LogP contribution in [0.4, 0.5) is 5.95 Å². The highest BCUT2D eigenvalue weighted by Gasteiger charge is 2.12. The Kier molecular flexibility index (Phi) is 5.55. The minimum absolute atomic E-state index is 0.0629. The molecule has 0 amide bonds. The molecule has 0 atom stereocenters. The van der Waals surface area contributed by atoms with E-state index in [1.807, 2.05) is 19.1 Å². The number of H-pyrrole nitrogens is 1. The van der Waals surface area contributed by atoms with E-state index in [9.17, 15) is 10.1 Å². The maximum atomic E-state index is 12.2.